The second-order valence-electron chi connectivity index (χ2n) is 7.22. The molecule has 0 amide bonds. The molecule has 0 bridgehead atoms. The first kappa shape index (κ1) is 21.2. The average molecular weight is 360 g/mol. The monoisotopic (exact) mass is 360 g/mol. The SMILES string of the molecule is CC(C)=CC(C)C(C)(C)CC(=O)OCc1c(F)c(F)c(C)c(F)c1F. The van der Waals surface area contributed by atoms with Gasteiger partial charge in [-0.25, -0.2) is 17.6 Å². The minimum atomic E-state index is -1.54. The maximum atomic E-state index is 13.8. The largest absolute Gasteiger partial charge is 0.461 e. The van der Waals surface area contributed by atoms with Gasteiger partial charge in [0.25, 0.3) is 0 Å². The molecule has 0 aliphatic carbocycles. The van der Waals surface area contributed by atoms with Gasteiger partial charge >= 0.3 is 5.97 Å². The number of allylic oxidation sites excluding steroid dienone is 2. The van der Waals surface area contributed by atoms with Crippen molar-refractivity contribution < 1.29 is 27.1 Å². The molecule has 6 heteroatoms. The molecular weight excluding hydrogens is 336 g/mol. The van der Waals surface area contributed by atoms with Crippen LogP contribution in [0.1, 0.15) is 52.2 Å². The predicted molar refractivity (Wildman–Crippen MR) is 87.8 cm³/mol. The van der Waals surface area contributed by atoms with Crippen LogP contribution in [0.25, 0.3) is 0 Å². The Labute approximate surface area is 145 Å². The fourth-order valence-electron chi connectivity index (χ4n) is 2.38. The Hall–Kier alpha value is -1.85. The highest BCUT2D eigenvalue weighted by atomic mass is 19.2. The lowest BCUT2D eigenvalue weighted by Gasteiger charge is -2.29. The Kier molecular flexibility index (Phi) is 6.80. The molecule has 0 saturated carbocycles. The number of hydrogen-bond acceptors (Lipinski definition) is 2. The molecule has 1 atom stereocenters. The van der Waals surface area contributed by atoms with Crippen molar-refractivity contribution in [1.82, 2.24) is 0 Å². The number of halogens is 4. The summed E-state index contributed by atoms with van der Waals surface area (Å²) in [7, 11) is 0. The molecule has 0 aliphatic heterocycles. The van der Waals surface area contributed by atoms with Crippen LogP contribution in [0.15, 0.2) is 11.6 Å². The van der Waals surface area contributed by atoms with Crippen molar-refractivity contribution >= 4 is 5.97 Å². The van der Waals surface area contributed by atoms with E-state index in [0.29, 0.717) is 0 Å². The third kappa shape index (κ3) is 5.06. The fourth-order valence-corrected chi connectivity index (χ4v) is 2.38. The zero-order valence-corrected chi connectivity index (χ0v) is 15.4. The lowest BCUT2D eigenvalue weighted by Crippen LogP contribution is -2.25. The Morgan fingerprint density at radius 3 is 2.00 bits per heavy atom. The number of carbonyl (C=O) groups is 1. The molecule has 0 radical (unpaired) electrons. The molecule has 25 heavy (non-hydrogen) atoms. The lowest BCUT2D eigenvalue weighted by atomic mass is 9.76. The van der Waals surface area contributed by atoms with Crippen LogP contribution in [-0.4, -0.2) is 5.97 Å². The van der Waals surface area contributed by atoms with Crippen molar-refractivity contribution in [2.75, 3.05) is 0 Å². The molecule has 0 saturated heterocycles. The van der Waals surface area contributed by atoms with E-state index in [0.717, 1.165) is 12.5 Å². The van der Waals surface area contributed by atoms with E-state index in [1.165, 1.54) is 0 Å². The summed E-state index contributed by atoms with van der Waals surface area (Å²) in [6.45, 7) is 9.63. The van der Waals surface area contributed by atoms with Gasteiger partial charge in [0.1, 0.15) is 6.61 Å². The zero-order chi connectivity index (χ0) is 19.5. The topological polar surface area (TPSA) is 26.3 Å². The van der Waals surface area contributed by atoms with Gasteiger partial charge in [-0.2, -0.15) is 0 Å². The summed E-state index contributed by atoms with van der Waals surface area (Å²) in [6.07, 6.45) is 2.01. The van der Waals surface area contributed by atoms with Gasteiger partial charge in [0, 0.05) is 5.56 Å². The summed E-state index contributed by atoms with van der Waals surface area (Å²) in [6, 6.07) is 0. The first-order chi connectivity index (χ1) is 11.4. The zero-order valence-electron chi connectivity index (χ0n) is 15.4. The minimum absolute atomic E-state index is 0.00197. The number of esters is 1. The van der Waals surface area contributed by atoms with E-state index >= 15 is 0 Å². The van der Waals surface area contributed by atoms with Crippen molar-refractivity contribution in [3.05, 3.63) is 46.0 Å². The van der Waals surface area contributed by atoms with Gasteiger partial charge in [0.15, 0.2) is 23.3 Å². The Morgan fingerprint density at radius 2 is 1.56 bits per heavy atom. The van der Waals surface area contributed by atoms with Gasteiger partial charge in [-0.15, -0.1) is 0 Å². The van der Waals surface area contributed by atoms with Crippen LogP contribution >= 0.6 is 0 Å². The minimum Gasteiger partial charge on any atom is -0.461 e. The molecule has 1 aromatic rings. The molecule has 0 heterocycles. The van der Waals surface area contributed by atoms with E-state index in [-0.39, 0.29) is 12.3 Å². The standard InChI is InChI=1S/C19H24F4O2/c1-10(2)7-11(3)19(5,6)8-14(24)25-9-13-17(22)15(20)12(4)16(21)18(13)23/h7,11H,8-9H2,1-6H3. The Balaban J connectivity index is 2.86. The highest BCUT2D eigenvalue weighted by Crippen LogP contribution is 2.33. The van der Waals surface area contributed by atoms with E-state index in [9.17, 15) is 22.4 Å². The van der Waals surface area contributed by atoms with Crippen LogP contribution in [0.4, 0.5) is 17.6 Å². The van der Waals surface area contributed by atoms with Crippen LogP contribution in [0, 0.1) is 41.5 Å². The smallest absolute Gasteiger partial charge is 0.306 e. The van der Waals surface area contributed by atoms with E-state index in [1.54, 1.807) is 0 Å². The van der Waals surface area contributed by atoms with Crippen LogP contribution in [0.3, 0.4) is 0 Å². The fraction of sp³-hybridized carbons (Fsp3) is 0.526. The number of hydrogen-bond donors (Lipinski definition) is 0. The first-order valence-electron chi connectivity index (χ1n) is 8.00. The summed E-state index contributed by atoms with van der Waals surface area (Å²) < 4.78 is 59.5. The molecule has 1 aromatic carbocycles. The summed E-state index contributed by atoms with van der Waals surface area (Å²) >= 11 is 0. The van der Waals surface area contributed by atoms with Crippen LogP contribution < -0.4 is 0 Å². The van der Waals surface area contributed by atoms with Gasteiger partial charge in [0.2, 0.25) is 0 Å². The molecular formula is C19H24F4O2. The van der Waals surface area contributed by atoms with E-state index in [1.807, 2.05) is 40.7 Å². The number of benzene rings is 1. The third-order valence-electron chi connectivity index (χ3n) is 4.37. The normalized spacial score (nSPS) is 12.7. The molecule has 2 nitrogen and oxygen atoms in total. The van der Waals surface area contributed by atoms with Gasteiger partial charge in [-0.1, -0.05) is 32.4 Å². The van der Waals surface area contributed by atoms with E-state index in [4.69, 9.17) is 4.74 Å². The summed E-state index contributed by atoms with van der Waals surface area (Å²) in [5.41, 5.74) is -1.02. The maximum absolute atomic E-state index is 13.8. The van der Waals surface area contributed by atoms with Gasteiger partial charge in [0.05, 0.1) is 12.0 Å². The molecule has 140 valence electrons. The highest BCUT2D eigenvalue weighted by Gasteiger charge is 2.29. The second kappa shape index (κ2) is 8.02. The average Bonchev–Trinajstić information content (AvgIpc) is 2.49. The number of rotatable bonds is 6. The number of ether oxygens (including phenoxy) is 1. The highest BCUT2D eigenvalue weighted by molar-refractivity contribution is 5.70. The lowest BCUT2D eigenvalue weighted by molar-refractivity contribution is -0.148. The van der Waals surface area contributed by atoms with Crippen molar-refractivity contribution in [2.45, 2.75) is 54.6 Å². The van der Waals surface area contributed by atoms with E-state index in [2.05, 4.69) is 0 Å². The third-order valence-corrected chi connectivity index (χ3v) is 4.37. The summed E-state index contributed by atoms with van der Waals surface area (Å²) in [5, 5.41) is 0. The van der Waals surface area contributed by atoms with E-state index < -0.39 is 52.4 Å². The van der Waals surface area contributed by atoms with Crippen molar-refractivity contribution in [3.63, 3.8) is 0 Å². The van der Waals surface area contributed by atoms with Crippen molar-refractivity contribution in [1.29, 1.82) is 0 Å². The number of carbonyl (C=O) groups excluding carboxylic acids is 1. The molecule has 0 spiro atoms. The predicted octanol–water partition coefficient (Wildman–Crippen LogP) is 5.61. The second-order valence-corrected chi connectivity index (χ2v) is 7.22. The van der Waals surface area contributed by atoms with Gasteiger partial charge in [-0.05, 0) is 32.1 Å². The van der Waals surface area contributed by atoms with Crippen LogP contribution in [0.5, 0.6) is 0 Å². The first-order valence-corrected chi connectivity index (χ1v) is 8.00. The summed E-state index contributed by atoms with van der Waals surface area (Å²) in [5.74, 6) is -6.68. The van der Waals surface area contributed by atoms with Crippen LogP contribution in [-0.2, 0) is 16.1 Å². The Bertz CT molecular complexity index is 660. The van der Waals surface area contributed by atoms with Crippen molar-refractivity contribution in [3.8, 4) is 0 Å². The summed E-state index contributed by atoms with van der Waals surface area (Å²) in [4.78, 5) is 12.0. The molecule has 0 aromatic heterocycles. The molecule has 1 rings (SSSR count). The molecule has 0 fully saturated rings. The van der Waals surface area contributed by atoms with Gasteiger partial charge in [-0.3, -0.25) is 4.79 Å². The van der Waals surface area contributed by atoms with Gasteiger partial charge < -0.3 is 4.74 Å². The Morgan fingerprint density at radius 1 is 1.08 bits per heavy atom. The van der Waals surface area contributed by atoms with Crippen LogP contribution in [0.2, 0.25) is 0 Å². The maximum Gasteiger partial charge on any atom is 0.306 e. The molecule has 1 unspecified atom stereocenters. The van der Waals surface area contributed by atoms with Crippen molar-refractivity contribution in [2.24, 2.45) is 11.3 Å². The quantitative estimate of drug-likeness (QED) is 0.285. The molecule has 0 aliphatic rings. The molecule has 0 N–H and O–H groups in total.